The van der Waals surface area contributed by atoms with Gasteiger partial charge in [-0.1, -0.05) is 48.5 Å². The maximum absolute atomic E-state index is 6.75. The number of hydrogen-bond acceptors (Lipinski definition) is 0. The molecule has 0 fully saturated rings. The third-order valence-corrected chi connectivity index (χ3v) is 8.06. The summed E-state index contributed by atoms with van der Waals surface area (Å²) in [6, 6.07) is 20.3. The second kappa shape index (κ2) is 4.71. The number of halogens is 2. The molecule has 0 radical (unpaired) electrons. The van der Waals surface area contributed by atoms with Crippen LogP contribution in [0.15, 0.2) is 60.7 Å². The Hall–Kier alpha value is -1.22. The average molecular weight is 306 g/mol. The highest BCUT2D eigenvalue weighted by molar-refractivity contribution is 7.56. The lowest BCUT2D eigenvalue weighted by Crippen LogP contribution is -2.51. The standard InChI is InChI=1S/C15H13Cl2NSi/c1-18-14-10-6-5-7-12(14)11-15(18)19(16,17)13-8-3-2-4-9-13/h2-11H,1H3. The van der Waals surface area contributed by atoms with Gasteiger partial charge < -0.3 is 4.57 Å². The number of hydrogen-bond donors (Lipinski definition) is 0. The molecule has 0 unspecified atom stereocenters. The highest BCUT2D eigenvalue weighted by Crippen LogP contribution is 2.20. The molecule has 0 aliphatic carbocycles. The highest BCUT2D eigenvalue weighted by atomic mass is 35.7. The molecule has 96 valence electrons. The van der Waals surface area contributed by atoms with Gasteiger partial charge in [0.2, 0.25) is 0 Å². The van der Waals surface area contributed by atoms with Crippen molar-refractivity contribution in [3.8, 4) is 0 Å². The Morgan fingerprint density at radius 1 is 0.895 bits per heavy atom. The van der Waals surface area contributed by atoms with Crippen LogP contribution in [0.1, 0.15) is 0 Å². The molecule has 0 atom stereocenters. The molecular formula is C15H13Cl2NSi. The van der Waals surface area contributed by atoms with Crippen LogP contribution in [0.3, 0.4) is 0 Å². The first-order chi connectivity index (χ1) is 9.10. The van der Waals surface area contributed by atoms with Gasteiger partial charge in [-0.25, -0.2) is 0 Å². The van der Waals surface area contributed by atoms with Crippen LogP contribution in [-0.2, 0) is 7.05 Å². The van der Waals surface area contributed by atoms with E-state index in [1.165, 1.54) is 5.39 Å². The van der Waals surface area contributed by atoms with Crippen molar-refractivity contribution in [1.29, 1.82) is 0 Å². The molecule has 3 aromatic rings. The number of aromatic nitrogens is 1. The zero-order chi connectivity index (χ0) is 13.5. The molecule has 1 nitrogen and oxygen atoms in total. The first-order valence-corrected chi connectivity index (χ1v) is 10.1. The van der Waals surface area contributed by atoms with E-state index in [4.69, 9.17) is 22.2 Å². The molecular weight excluding hydrogens is 293 g/mol. The Labute approximate surface area is 122 Å². The second-order valence-corrected chi connectivity index (χ2v) is 10.8. The number of fused-ring (bicyclic) bond motifs is 1. The number of para-hydroxylation sites is 1. The van der Waals surface area contributed by atoms with E-state index >= 15 is 0 Å². The molecule has 1 heterocycles. The smallest absolute Gasteiger partial charge is 0.326 e. The molecule has 0 aliphatic rings. The van der Waals surface area contributed by atoms with Crippen molar-refractivity contribution in [2.75, 3.05) is 0 Å². The van der Waals surface area contributed by atoms with E-state index in [9.17, 15) is 0 Å². The Morgan fingerprint density at radius 2 is 1.53 bits per heavy atom. The lowest BCUT2D eigenvalue weighted by molar-refractivity contribution is 1.00. The molecule has 0 N–H and O–H groups in total. The maximum Gasteiger partial charge on any atom is 0.326 e. The molecule has 1 aromatic heterocycles. The fourth-order valence-corrected chi connectivity index (χ4v) is 6.01. The fourth-order valence-electron chi connectivity index (χ4n) is 2.39. The minimum Gasteiger partial charge on any atom is -0.348 e. The van der Waals surface area contributed by atoms with Crippen LogP contribution < -0.4 is 10.5 Å². The zero-order valence-electron chi connectivity index (χ0n) is 10.5. The van der Waals surface area contributed by atoms with E-state index in [1.54, 1.807) is 0 Å². The lowest BCUT2D eigenvalue weighted by Gasteiger charge is -2.18. The van der Waals surface area contributed by atoms with Gasteiger partial charge in [-0.3, -0.25) is 0 Å². The van der Waals surface area contributed by atoms with Crippen molar-refractivity contribution >= 4 is 50.3 Å². The Kier molecular flexibility index (Phi) is 3.17. The van der Waals surface area contributed by atoms with Crippen molar-refractivity contribution in [2.24, 2.45) is 7.05 Å². The highest BCUT2D eigenvalue weighted by Gasteiger charge is 2.36. The molecule has 2 aromatic carbocycles. The summed E-state index contributed by atoms with van der Waals surface area (Å²) in [5, 5.41) is 3.21. The zero-order valence-corrected chi connectivity index (χ0v) is 13.0. The average Bonchev–Trinajstić information content (AvgIpc) is 2.78. The normalized spacial score (nSPS) is 11.9. The van der Waals surface area contributed by atoms with E-state index in [-0.39, 0.29) is 0 Å². The van der Waals surface area contributed by atoms with Crippen LogP contribution in [0.5, 0.6) is 0 Å². The fraction of sp³-hybridized carbons (Fsp3) is 0.0667. The third-order valence-electron chi connectivity index (χ3n) is 3.41. The number of benzene rings is 2. The molecule has 0 saturated carbocycles. The molecule has 0 amide bonds. The van der Waals surface area contributed by atoms with Gasteiger partial charge in [0.15, 0.2) is 0 Å². The number of nitrogens with zero attached hydrogens (tertiary/aromatic N) is 1. The van der Waals surface area contributed by atoms with Crippen molar-refractivity contribution < 1.29 is 0 Å². The third kappa shape index (κ3) is 2.10. The van der Waals surface area contributed by atoms with Gasteiger partial charge in [0.25, 0.3) is 0 Å². The van der Waals surface area contributed by atoms with Crippen LogP contribution in [0.25, 0.3) is 10.9 Å². The SMILES string of the molecule is Cn1c([Si](Cl)(Cl)c2ccccc2)cc2ccccc21. The largest absolute Gasteiger partial charge is 0.348 e. The Morgan fingerprint density at radius 3 is 2.21 bits per heavy atom. The molecule has 0 spiro atoms. The number of aryl methyl sites for hydroxylation is 1. The Balaban J connectivity index is 2.21. The predicted octanol–water partition coefficient (Wildman–Crippen LogP) is 3.21. The minimum atomic E-state index is -2.68. The van der Waals surface area contributed by atoms with Gasteiger partial charge in [-0.05, 0) is 22.7 Å². The quantitative estimate of drug-likeness (QED) is 0.506. The molecule has 0 aliphatic heterocycles. The van der Waals surface area contributed by atoms with E-state index in [1.807, 2.05) is 49.5 Å². The predicted molar refractivity (Wildman–Crippen MR) is 86.1 cm³/mol. The van der Waals surface area contributed by atoms with Crippen LogP contribution in [0.4, 0.5) is 0 Å². The number of rotatable bonds is 2. The van der Waals surface area contributed by atoms with Crippen molar-refractivity contribution in [3.05, 3.63) is 60.7 Å². The van der Waals surface area contributed by atoms with Gasteiger partial charge in [0, 0.05) is 17.9 Å². The maximum atomic E-state index is 6.75. The van der Waals surface area contributed by atoms with Gasteiger partial charge in [-0.2, -0.15) is 0 Å². The van der Waals surface area contributed by atoms with Crippen molar-refractivity contribution in [1.82, 2.24) is 4.57 Å². The molecule has 0 bridgehead atoms. The van der Waals surface area contributed by atoms with Crippen LogP contribution in [0.2, 0.25) is 0 Å². The van der Waals surface area contributed by atoms with Gasteiger partial charge >= 0.3 is 6.69 Å². The van der Waals surface area contributed by atoms with Gasteiger partial charge in [-0.15, -0.1) is 22.2 Å². The van der Waals surface area contributed by atoms with Crippen LogP contribution in [0, 0.1) is 0 Å². The van der Waals surface area contributed by atoms with Crippen molar-refractivity contribution in [3.63, 3.8) is 0 Å². The van der Waals surface area contributed by atoms with E-state index in [2.05, 4.69) is 22.8 Å². The molecule has 19 heavy (non-hydrogen) atoms. The topological polar surface area (TPSA) is 4.93 Å². The summed E-state index contributed by atoms with van der Waals surface area (Å²) < 4.78 is 2.11. The van der Waals surface area contributed by atoms with Crippen LogP contribution >= 0.6 is 22.2 Å². The molecule has 4 heteroatoms. The van der Waals surface area contributed by atoms with Gasteiger partial charge in [0.1, 0.15) is 0 Å². The van der Waals surface area contributed by atoms with E-state index in [0.717, 1.165) is 16.0 Å². The summed E-state index contributed by atoms with van der Waals surface area (Å²) in [6.07, 6.45) is 0. The lowest BCUT2D eigenvalue weighted by atomic mass is 10.2. The minimum absolute atomic E-state index is 1.02. The monoisotopic (exact) mass is 305 g/mol. The van der Waals surface area contributed by atoms with E-state index in [0.29, 0.717) is 0 Å². The summed E-state index contributed by atoms with van der Waals surface area (Å²) in [5.41, 5.74) is 1.16. The summed E-state index contributed by atoms with van der Waals surface area (Å²) >= 11 is 13.5. The first kappa shape index (κ1) is 12.8. The van der Waals surface area contributed by atoms with Crippen molar-refractivity contribution in [2.45, 2.75) is 0 Å². The summed E-state index contributed by atoms with van der Waals surface area (Å²) in [5.74, 6) is 0. The summed E-state index contributed by atoms with van der Waals surface area (Å²) in [7, 11) is 2.02. The summed E-state index contributed by atoms with van der Waals surface area (Å²) in [6.45, 7) is -2.68. The summed E-state index contributed by atoms with van der Waals surface area (Å²) in [4.78, 5) is 0. The molecule has 0 saturated heterocycles. The van der Waals surface area contributed by atoms with Gasteiger partial charge in [0.05, 0.1) is 0 Å². The first-order valence-electron chi connectivity index (χ1n) is 6.09. The second-order valence-electron chi connectivity index (χ2n) is 4.59. The Bertz CT molecular complexity index is 719. The van der Waals surface area contributed by atoms with E-state index < -0.39 is 6.69 Å². The van der Waals surface area contributed by atoms with Crippen LogP contribution in [-0.4, -0.2) is 11.3 Å². The molecule has 3 rings (SSSR count).